The number of halogens is 1. The summed E-state index contributed by atoms with van der Waals surface area (Å²) >= 11 is 4.15. The van der Waals surface area contributed by atoms with Crippen LogP contribution in [0, 0.1) is 6.92 Å². The van der Waals surface area contributed by atoms with E-state index in [4.69, 9.17) is 9.47 Å². The minimum absolute atomic E-state index is 0.168. The number of esters is 1. The number of carbonyl (C=O) groups is 4. The Morgan fingerprint density at radius 2 is 1.94 bits per heavy atom. The van der Waals surface area contributed by atoms with E-state index in [1.165, 1.54) is 0 Å². The van der Waals surface area contributed by atoms with E-state index in [2.05, 4.69) is 21.2 Å². The van der Waals surface area contributed by atoms with E-state index in [-0.39, 0.29) is 24.0 Å². The third-order valence-corrected chi connectivity index (χ3v) is 6.02. The smallest absolute Gasteiger partial charge is 0.326 e. The average Bonchev–Trinajstić information content (AvgIpc) is 3.02. The third kappa shape index (κ3) is 6.45. The number of benzene rings is 2. The molecule has 172 valence electrons. The number of thioether (sulfide) groups is 1. The molecule has 1 N–H and O–H groups in total. The second kappa shape index (κ2) is 11.2. The molecule has 1 fully saturated rings. The van der Waals surface area contributed by atoms with E-state index in [9.17, 15) is 19.2 Å². The van der Waals surface area contributed by atoms with Gasteiger partial charge in [-0.1, -0.05) is 24.3 Å². The Hall–Kier alpha value is -3.11. The lowest BCUT2D eigenvalue weighted by Crippen LogP contribution is -2.34. The van der Waals surface area contributed by atoms with Crippen LogP contribution in [0.3, 0.4) is 0 Å². The van der Waals surface area contributed by atoms with Gasteiger partial charge in [-0.2, -0.15) is 0 Å². The highest BCUT2D eigenvalue weighted by atomic mass is 79.9. The fourth-order valence-corrected chi connectivity index (χ4v) is 4.24. The van der Waals surface area contributed by atoms with Crippen LogP contribution in [0.2, 0.25) is 0 Å². The first kappa shape index (κ1) is 24.5. The van der Waals surface area contributed by atoms with Gasteiger partial charge in [-0.05, 0) is 76.9 Å². The van der Waals surface area contributed by atoms with E-state index in [1.54, 1.807) is 31.2 Å². The number of hydrogen-bond acceptors (Lipinski definition) is 7. The van der Waals surface area contributed by atoms with Crippen molar-refractivity contribution in [1.29, 1.82) is 0 Å². The van der Waals surface area contributed by atoms with Gasteiger partial charge < -0.3 is 14.8 Å². The number of imide groups is 1. The Morgan fingerprint density at radius 3 is 2.64 bits per heavy atom. The van der Waals surface area contributed by atoms with Crippen LogP contribution in [0.15, 0.2) is 51.8 Å². The SMILES string of the molecule is CCOC(=O)CN1C(=O)S/C(=C\c2ccc(OCC(=O)Nc3ccccc3C)c(Br)c2)C1=O. The van der Waals surface area contributed by atoms with Gasteiger partial charge in [-0.3, -0.25) is 24.1 Å². The average molecular weight is 533 g/mol. The molecular weight excluding hydrogens is 512 g/mol. The zero-order valence-electron chi connectivity index (χ0n) is 17.9. The van der Waals surface area contributed by atoms with Crippen LogP contribution in [0.25, 0.3) is 6.08 Å². The number of anilines is 1. The first-order valence-electron chi connectivity index (χ1n) is 9.97. The van der Waals surface area contributed by atoms with Gasteiger partial charge in [-0.15, -0.1) is 0 Å². The predicted octanol–water partition coefficient (Wildman–Crippen LogP) is 4.37. The molecule has 1 saturated heterocycles. The number of carbonyl (C=O) groups excluding carboxylic acids is 4. The summed E-state index contributed by atoms with van der Waals surface area (Å²) in [5.41, 5.74) is 2.31. The quantitative estimate of drug-likeness (QED) is 0.397. The van der Waals surface area contributed by atoms with Crippen molar-refractivity contribution in [1.82, 2.24) is 4.90 Å². The zero-order chi connectivity index (χ0) is 24.0. The summed E-state index contributed by atoms with van der Waals surface area (Å²) in [7, 11) is 0. The van der Waals surface area contributed by atoms with Crippen molar-refractivity contribution in [3.63, 3.8) is 0 Å². The van der Waals surface area contributed by atoms with Gasteiger partial charge in [0, 0.05) is 5.69 Å². The molecule has 8 nitrogen and oxygen atoms in total. The number of para-hydroxylation sites is 1. The lowest BCUT2D eigenvalue weighted by Gasteiger charge is -2.11. The molecule has 0 bridgehead atoms. The van der Waals surface area contributed by atoms with Crippen molar-refractivity contribution in [2.75, 3.05) is 25.1 Å². The Labute approximate surface area is 203 Å². The highest BCUT2D eigenvalue weighted by Gasteiger charge is 2.36. The van der Waals surface area contributed by atoms with Crippen LogP contribution in [0.1, 0.15) is 18.1 Å². The lowest BCUT2D eigenvalue weighted by molar-refractivity contribution is -0.146. The fraction of sp³-hybridized carbons (Fsp3) is 0.217. The van der Waals surface area contributed by atoms with Crippen molar-refractivity contribution in [2.24, 2.45) is 0 Å². The van der Waals surface area contributed by atoms with E-state index in [1.807, 2.05) is 31.2 Å². The molecule has 0 aliphatic carbocycles. The highest BCUT2D eigenvalue weighted by molar-refractivity contribution is 9.10. The van der Waals surface area contributed by atoms with Crippen LogP contribution >= 0.6 is 27.7 Å². The summed E-state index contributed by atoms with van der Waals surface area (Å²) < 4.78 is 11.0. The van der Waals surface area contributed by atoms with Gasteiger partial charge in [0.05, 0.1) is 16.0 Å². The lowest BCUT2D eigenvalue weighted by atomic mass is 10.2. The maximum atomic E-state index is 12.5. The molecular formula is C23H21BrN2O6S. The Bertz CT molecular complexity index is 1130. The van der Waals surface area contributed by atoms with Gasteiger partial charge in [0.1, 0.15) is 12.3 Å². The summed E-state index contributed by atoms with van der Waals surface area (Å²) in [4.78, 5) is 49.5. The number of hydrogen-bond donors (Lipinski definition) is 1. The number of nitrogens with one attached hydrogen (secondary N) is 1. The summed E-state index contributed by atoms with van der Waals surface area (Å²) in [6.45, 7) is 3.11. The molecule has 1 aliphatic rings. The number of nitrogens with zero attached hydrogens (tertiary/aromatic N) is 1. The molecule has 0 saturated carbocycles. The standard InChI is InChI=1S/C23H21BrN2O6S/c1-3-31-21(28)12-26-22(29)19(33-23(26)30)11-15-8-9-18(16(24)10-15)32-13-20(27)25-17-7-5-4-6-14(17)2/h4-11H,3,12-13H2,1-2H3,(H,25,27)/b19-11-. The van der Waals surface area contributed by atoms with Crippen LogP contribution in [0.4, 0.5) is 10.5 Å². The first-order chi connectivity index (χ1) is 15.8. The minimum Gasteiger partial charge on any atom is -0.483 e. The molecule has 33 heavy (non-hydrogen) atoms. The first-order valence-corrected chi connectivity index (χ1v) is 11.6. The minimum atomic E-state index is -0.642. The molecule has 0 unspecified atom stereocenters. The summed E-state index contributed by atoms with van der Waals surface area (Å²) in [5.74, 6) is -1.04. The van der Waals surface area contributed by atoms with Crippen molar-refractivity contribution in [2.45, 2.75) is 13.8 Å². The van der Waals surface area contributed by atoms with Crippen LogP contribution < -0.4 is 10.1 Å². The molecule has 1 aliphatic heterocycles. The molecule has 2 aromatic rings. The summed E-state index contributed by atoms with van der Waals surface area (Å²) in [5, 5.41) is 2.27. The Balaban J connectivity index is 1.62. The Kier molecular flexibility index (Phi) is 8.29. The van der Waals surface area contributed by atoms with Gasteiger partial charge in [0.15, 0.2) is 6.61 Å². The van der Waals surface area contributed by atoms with E-state index in [0.717, 1.165) is 27.9 Å². The molecule has 2 aromatic carbocycles. The predicted molar refractivity (Wildman–Crippen MR) is 129 cm³/mol. The number of amides is 3. The maximum absolute atomic E-state index is 12.5. The molecule has 10 heteroatoms. The molecule has 0 atom stereocenters. The molecule has 0 spiro atoms. The van der Waals surface area contributed by atoms with E-state index < -0.39 is 23.7 Å². The zero-order valence-corrected chi connectivity index (χ0v) is 20.3. The van der Waals surface area contributed by atoms with Crippen molar-refractivity contribution in [3.8, 4) is 5.75 Å². The maximum Gasteiger partial charge on any atom is 0.326 e. The van der Waals surface area contributed by atoms with Gasteiger partial charge in [0.2, 0.25) is 0 Å². The van der Waals surface area contributed by atoms with Gasteiger partial charge >= 0.3 is 5.97 Å². The normalized spacial score (nSPS) is 14.5. The molecule has 0 aromatic heterocycles. The Morgan fingerprint density at radius 1 is 1.18 bits per heavy atom. The number of aryl methyl sites for hydroxylation is 1. The molecule has 0 radical (unpaired) electrons. The van der Waals surface area contributed by atoms with Gasteiger partial charge in [-0.25, -0.2) is 0 Å². The number of rotatable bonds is 8. The molecule has 3 amide bonds. The van der Waals surface area contributed by atoms with E-state index >= 15 is 0 Å². The van der Waals surface area contributed by atoms with Crippen LogP contribution in [-0.2, 0) is 19.1 Å². The summed E-state index contributed by atoms with van der Waals surface area (Å²) in [6, 6.07) is 12.5. The summed E-state index contributed by atoms with van der Waals surface area (Å²) in [6.07, 6.45) is 1.55. The van der Waals surface area contributed by atoms with Crippen molar-refractivity contribution < 1.29 is 28.7 Å². The third-order valence-electron chi connectivity index (χ3n) is 4.50. The van der Waals surface area contributed by atoms with Crippen molar-refractivity contribution in [3.05, 3.63) is 63.0 Å². The van der Waals surface area contributed by atoms with Gasteiger partial charge in [0.25, 0.3) is 17.1 Å². The van der Waals surface area contributed by atoms with Crippen LogP contribution in [-0.4, -0.2) is 47.7 Å². The largest absolute Gasteiger partial charge is 0.483 e. The van der Waals surface area contributed by atoms with E-state index in [0.29, 0.717) is 15.8 Å². The second-order valence-electron chi connectivity index (χ2n) is 6.91. The monoisotopic (exact) mass is 532 g/mol. The molecule has 1 heterocycles. The fourth-order valence-electron chi connectivity index (χ4n) is 2.89. The van der Waals surface area contributed by atoms with Crippen LogP contribution in [0.5, 0.6) is 5.75 Å². The second-order valence-corrected chi connectivity index (χ2v) is 8.76. The molecule has 3 rings (SSSR count). The number of ether oxygens (including phenoxy) is 2. The highest BCUT2D eigenvalue weighted by Crippen LogP contribution is 2.33. The van der Waals surface area contributed by atoms with Crippen molar-refractivity contribution >= 4 is 62.5 Å². The topological polar surface area (TPSA) is 102 Å².